The summed E-state index contributed by atoms with van der Waals surface area (Å²) in [5.74, 6) is -3.52. The fraction of sp³-hybridized carbons (Fsp3) is 0.519. The number of nitrogens with one attached hydrogen (secondary N) is 8. The van der Waals surface area contributed by atoms with E-state index in [0.29, 0.717) is 38.6 Å². The largest absolute Gasteiger partial charge is 0.378 e. The Labute approximate surface area is 518 Å². The summed E-state index contributed by atoms with van der Waals surface area (Å²) in [5, 5.41) is 37.2. The number of ether oxygens (including phenoxy) is 3. The zero-order valence-corrected chi connectivity index (χ0v) is 52.6. The van der Waals surface area contributed by atoms with Crippen LogP contribution in [0.5, 0.6) is 0 Å². The molecular formula is C54H82N11O20PS3. The Balaban J connectivity index is 1.62. The first-order chi connectivity index (χ1) is 42.2. The Hall–Kier alpha value is -6.82. The van der Waals surface area contributed by atoms with Gasteiger partial charge in [0.1, 0.15) is 5.54 Å². The van der Waals surface area contributed by atoms with Crippen molar-refractivity contribution in [3.05, 3.63) is 89.5 Å². The van der Waals surface area contributed by atoms with Crippen molar-refractivity contribution < 1.29 is 91.8 Å². The molecule has 3 rings (SSSR count). The molecule has 3 aromatic rings. The summed E-state index contributed by atoms with van der Waals surface area (Å²) < 4.78 is 103. The third kappa shape index (κ3) is 33.5. The molecule has 0 radical (unpaired) electrons. The number of hydrogen-bond acceptors (Lipinski definition) is 19. The highest BCUT2D eigenvalue weighted by atomic mass is 32.2. The predicted octanol–water partition coefficient (Wildman–Crippen LogP) is -0.942. The summed E-state index contributed by atoms with van der Waals surface area (Å²) in [6, 6.07) is 15.1. The Morgan fingerprint density at radius 2 is 0.674 bits per heavy atom. The highest BCUT2D eigenvalue weighted by molar-refractivity contribution is 7.89. The lowest BCUT2D eigenvalue weighted by Crippen LogP contribution is -2.58. The molecule has 496 valence electrons. The Kier molecular flexibility index (Phi) is 35.0. The molecule has 0 aliphatic carbocycles. The first-order valence-electron chi connectivity index (χ1n) is 28.4. The van der Waals surface area contributed by atoms with Gasteiger partial charge in [0.2, 0.25) is 59.6 Å². The lowest BCUT2D eigenvalue weighted by molar-refractivity contribution is -0.131. The number of benzene rings is 3. The molecule has 3 aromatic carbocycles. The molecule has 8 amide bonds. The van der Waals surface area contributed by atoms with Crippen LogP contribution in [-0.2, 0) is 77.3 Å². The van der Waals surface area contributed by atoms with Gasteiger partial charge in [0.15, 0.2) is 0 Å². The van der Waals surface area contributed by atoms with E-state index >= 15 is 0 Å². The number of primary sulfonamides is 3. The van der Waals surface area contributed by atoms with Crippen molar-refractivity contribution in [2.24, 2.45) is 15.4 Å². The molecule has 0 saturated carbocycles. The van der Waals surface area contributed by atoms with Gasteiger partial charge >= 0.3 is 8.25 Å². The molecule has 1 unspecified atom stereocenters. The van der Waals surface area contributed by atoms with E-state index in [2.05, 4.69) is 47.1 Å². The van der Waals surface area contributed by atoms with Crippen molar-refractivity contribution >= 4 is 85.6 Å². The third-order valence-electron chi connectivity index (χ3n) is 12.6. The number of carbonyl (C=O) groups excluding carboxylic acids is 8. The molecule has 1 atom stereocenters. The van der Waals surface area contributed by atoms with Crippen molar-refractivity contribution in [2.75, 3.05) is 92.1 Å². The standard InChI is InChI=1S/C54H82N11O20PS3/c55-87(76,77)43-17-11-40(12-18-43)51(71)62-30-6-27-59-47(67)23-34-82-37-54(65-50(70)10-5-9-46(66)58-26-3-1-2-4-33-85-86(74)75,38-83-35-24-48(68)60-28-7-31-63-52(72)41-13-19-44(20-14-41)88(56,78)79)39-84-36-25-49(69)61-29-8-32-64-53(73)42-15-21-45(22-16-42)89(57,80)81/h11-22,86H,1-10,23-39H2,(H,58,66)(H,59,67)(H,60,68)(H,61,69)(H,62,71)(H,63,72)(H,64,73)(H,65,70)(H,74,75)(H2,55,76,77)(H2,56,78,79)(H2,57,80,81). The zero-order chi connectivity index (χ0) is 65.7. The van der Waals surface area contributed by atoms with Gasteiger partial charge in [0, 0.05) is 94.6 Å². The Bertz CT molecular complexity index is 2860. The van der Waals surface area contributed by atoms with Crippen LogP contribution in [0.25, 0.3) is 0 Å². The van der Waals surface area contributed by atoms with E-state index in [4.69, 9.17) is 34.5 Å². The van der Waals surface area contributed by atoms with Crippen LogP contribution >= 0.6 is 8.25 Å². The molecule has 0 bridgehead atoms. The maximum atomic E-state index is 13.7. The molecule has 31 nitrogen and oxygen atoms in total. The Morgan fingerprint density at radius 1 is 0.382 bits per heavy atom. The monoisotopic (exact) mass is 1330 g/mol. The minimum atomic E-state index is -3.94. The molecule has 0 heterocycles. The van der Waals surface area contributed by atoms with Gasteiger partial charge in [-0.1, -0.05) is 12.8 Å². The maximum absolute atomic E-state index is 13.7. The van der Waals surface area contributed by atoms with E-state index in [0.717, 1.165) is 12.8 Å². The van der Waals surface area contributed by atoms with Crippen LogP contribution in [0.15, 0.2) is 87.5 Å². The SMILES string of the molecule is NS(=O)(=O)c1ccc(C(=O)NCCCNC(=O)CCOCC(COCCC(=O)NCCCNC(=O)c2ccc(S(N)(=O)=O)cc2)(COCCC(=O)NCCCNC(=O)c2ccc(S(N)(=O)=O)cc2)NC(=O)CCCC(=O)NCCCCCCO[PH](=O)O)cc1. The minimum Gasteiger partial charge on any atom is -0.378 e. The summed E-state index contributed by atoms with van der Waals surface area (Å²) in [5.41, 5.74) is -0.921. The van der Waals surface area contributed by atoms with Crippen LogP contribution in [0.2, 0.25) is 0 Å². The smallest absolute Gasteiger partial charge is 0.316 e. The van der Waals surface area contributed by atoms with Gasteiger partial charge in [-0.15, -0.1) is 0 Å². The number of carbonyl (C=O) groups is 8. The quantitative estimate of drug-likeness (QED) is 0.0240. The van der Waals surface area contributed by atoms with E-state index in [1.807, 2.05) is 0 Å². The van der Waals surface area contributed by atoms with Gasteiger partial charge in [-0.05, 0) is 111 Å². The third-order valence-corrected chi connectivity index (χ3v) is 15.8. The molecular weight excluding hydrogens is 1250 g/mol. The summed E-state index contributed by atoms with van der Waals surface area (Å²) in [6.45, 7) is 0.0425. The van der Waals surface area contributed by atoms with Gasteiger partial charge in [-0.25, -0.2) is 40.7 Å². The second-order valence-electron chi connectivity index (χ2n) is 20.1. The number of unbranched alkanes of at least 4 members (excludes halogenated alkanes) is 3. The molecule has 0 aliphatic heterocycles. The highest BCUT2D eigenvalue weighted by Crippen LogP contribution is 2.16. The molecule has 35 heteroatoms. The Morgan fingerprint density at radius 3 is 1.00 bits per heavy atom. The summed E-state index contributed by atoms with van der Waals surface area (Å²) >= 11 is 0. The van der Waals surface area contributed by atoms with E-state index in [1.54, 1.807) is 0 Å². The van der Waals surface area contributed by atoms with E-state index in [1.165, 1.54) is 72.8 Å². The average molecular weight is 1330 g/mol. The van der Waals surface area contributed by atoms with Crippen molar-refractivity contribution in [3.8, 4) is 0 Å². The lowest BCUT2D eigenvalue weighted by atomic mass is 10.0. The topological polar surface area (TPSA) is 487 Å². The van der Waals surface area contributed by atoms with Gasteiger partial charge < -0.3 is 66.2 Å². The van der Waals surface area contributed by atoms with E-state index in [9.17, 15) is 68.2 Å². The second-order valence-corrected chi connectivity index (χ2v) is 25.6. The molecule has 15 N–H and O–H groups in total. The normalized spacial score (nSPS) is 12.0. The molecule has 0 aliphatic rings. The van der Waals surface area contributed by atoms with Crippen molar-refractivity contribution in [1.82, 2.24) is 42.5 Å². The highest BCUT2D eigenvalue weighted by Gasteiger charge is 2.34. The van der Waals surface area contributed by atoms with Crippen LogP contribution in [0.1, 0.15) is 115 Å². The summed E-state index contributed by atoms with van der Waals surface area (Å²) in [7, 11) is -14.8. The van der Waals surface area contributed by atoms with E-state index < -0.39 is 85.2 Å². The van der Waals surface area contributed by atoms with Crippen LogP contribution in [0, 0.1) is 0 Å². The first-order valence-corrected chi connectivity index (χ1v) is 34.3. The van der Waals surface area contributed by atoms with Gasteiger partial charge in [-0.3, -0.25) is 42.9 Å². The number of sulfonamides is 3. The van der Waals surface area contributed by atoms with Crippen molar-refractivity contribution in [3.63, 3.8) is 0 Å². The predicted molar refractivity (Wildman–Crippen MR) is 323 cm³/mol. The van der Waals surface area contributed by atoms with Crippen LogP contribution in [-0.4, -0.2) is 175 Å². The van der Waals surface area contributed by atoms with Crippen LogP contribution < -0.4 is 58.0 Å². The molecule has 0 saturated heterocycles. The van der Waals surface area contributed by atoms with Crippen LogP contribution in [0.3, 0.4) is 0 Å². The second kappa shape index (κ2) is 40.7. The number of nitrogens with two attached hydrogens (primary N) is 3. The van der Waals surface area contributed by atoms with Gasteiger partial charge in [-0.2, -0.15) is 0 Å². The van der Waals surface area contributed by atoms with E-state index in [-0.39, 0.29) is 161 Å². The number of hydrogen-bond donors (Lipinski definition) is 12. The fourth-order valence-corrected chi connectivity index (χ4v) is 9.73. The molecule has 0 aromatic heterocycles. The van der Waals surface area contributed by atoms with Gasteiger partial charge in [0.05, 0.1) is 60.9 Å². The molecule has 89 heavy (non-hydrogen) atoms. The lowest BCUT2D eigenvalue weighted by Gasteiger charge is -2.34. The maximum Gasteiger partial charge on any atom is 0.316 e. The summed E-state index contributed by atoms with van der Waals surface area (Å²) in [6.07, 6.45) is 3.21. The fourth-order valence-electron chi connectivity index (χ4n) is 7.87. The number of rotatable bonds is 46. The zero-order valence-electron chi connectivity index (χ0n) is 49.2. The number of amides is 8. The van der Waals surface area contributed by atoms with Crippen molar-refractivity contribution in [2.45, 2.75) is 104 Å². The molecule has 0 fully saturated rings. The summed E-state index contributed by atoms with van der Waals surface area (Å²) in [4.78, 5) is 111. The minimum absolute atomic E-state index is 0.00117. The van der Waals surface area contributed by atoms with Crippen molar-refractivity contribution in [1.29, 1.82) is 0 Å². The first kappa shape index (κ1) is 76.4. The molecule has 0 spiro atoms. The van der Waals surface area contributed by atoms with Gasteiger partial charge in [0.25, 0.3) is 17.7 Å². The average Bonchev–Trinajstić information content (AvgIpc) is 2.39. The van der Waals surface area contributed by atoms with Crippen LogP contribution in [0.4, 0.5) is 0 Å².